The molecule has 0 unspecified atom stereocenters. The maximum absolute atomic E-state index is 13.7. The van der Waals surface area contributed by atoms with E-state index in [4.69, 9.17) is 9.47 Å². The van der Waals surface area contributed by atoms with Crippen molar-refractivity contribution in [2.24, 2.45) is 5.41 Å². The first-order chi connectivity index (χ1) is 25.2. The van der Waals surface area contributed by atoms with Crippen molar-refractivity contribution in [2.75, 3.05) is 34.3 Å². The van der Waals surface area contributed by atoms with Crippen LogP contribution in [-0.2, 0) is 19.1 Å². The fourth-order valence-electron chi connectivity index (χ4n) is 10.9. The Labute approximate surface area is 340 Å². The first-order valence-corrected chi connectivity index (χ1v) is 22.0. The molecule has 55 heavy (non-hydrogen) atoms. The van der Waals surface area contributed by atoms with Gasteiger partial charge in [-0.05, 0) is 149 Å². The average molecular weight is 775 g/mol. The first kappa shape index (κ1) is 49.8. The molecule has 0 aromatic carbocycles. The van der Waals surface area contributed by atoms with Gasteiger partial charge in [0.2, 0.25) is 0 Å². The van der Waals surface area contributed by atoms with Crippen molar-refractivity contribution in [2.45, 2.75) is 239 Å². The Kier molecular flexibility index (Phi) is 17.8. The third kappa shape index (κ3) is 12.8. The van der Waals surface area contributed by atoms with Gasteiger partial charge in [-0.25, -0.2) is 0 Å². The minimum Gasteiger partial charge on any atom is -0.461 e. The number of carbonyl (C=O) groups is 2. The summed E-state index contributed by atoms with van der Waals surface area (Å²) in [6.07, 6.45) is 16.8. The lowest BCUT2D eigenvalue weighted by molar-refractivity contribution is -0.175. The molecule has 3 heterocycles. The van der Waals surface area contributed by atoms with Gasteiger partial charge < -0.3 is 14.8 Å². The number of carbonyl (C=O) groups excluding carboxylic acids is 2. The smallest absolute Gasteiger partial charge is 0.319 e. The van der Waals surface area contributed by atoms with Gasteiger partial charge in [-0.3, -0.25) is 24.3 Å². The van der Waals surface area contributed by atoms with E-state index < -0.39 is 5.41 Å². The quantitative estimate of drug-likeness (QED) is 0.0945. The molecule has 8 nitrogen and oxygen atoms in total. The number of ketones is 1. The van der Waals surface area contributed by atoms with E-state index in [1.165, 1.54) is 12.8 Å². The van der Waals surface area contributed by atoms with Crippen LogP contribution in [0.5, 0.6) is 0 Å². The summed E-state index contributed by atoms with van der Waals surface area (Å²) in [5.41, 5.74) is -0.447. The molecule has 3 aliphatic heterocycles. The first-order valence-electron chi connectivity index (χ1n) is 22.0. The van der Waals surface area contributed by atoms with Crippen LogP contribution in [0.3, 0.4) is 0 Å². The summed E-state index contributed by atoms with van der Waals surface area (Å²) in [6, 6.07) is 0.668. The van der Waals surface area contributed by atoms with Crippen LogP contribution in [0, 0.1) is 5.41 Å². The minimum absolute atomic E-state index is 0.0352. The molecular weight excluding hydrogens is 685 g/mol. The van der Waals surface area contributed by atoms with Gasteiger partial charge in [-0.2, -0.15) is 0 Å². The van der Waals surface area contributed by atoms with Crippen LogP contribution in [0.15, 0.2) is 12.2 Å². The molecule has 3 saturated heterocycles. The summed E-state index contributed by atoms with van der Waals surface area (Å²) in [7, 11) is 6.15. The van der Waals surface area contributed by atoms with Crippen molar-refractivity contribution in [1.29, 1.82) is 0 Å². The highest BCUT2D eigenvalue weighted by molar-refractivity contribution is 6.02. The van der Waals surface area contributed by atoms with Gasteiger partial charge in [0.1, 0.15) is 17.3 Å². The second-order valence-corrected chi connectivity index (χ2v) is 21.4. The number of esters is 1. The van der Waals surface area contributed by atoms with Crippen LogP contribution in [0.2, 0.25) is 0 Å². The molecule has 0 aromatic rings. The Morgan fingerprint density at radius 2 is 1.13 bits per heavy atom. The van der Waals surface area contributed by atoms with Crippen molar-refractivity contribution in [3.63, 3.8) is 0 Å². The molecule has 8 heteroatoms. The molecule has 322 valence electrons. The molecule has 3 rings (SSSR count). The zero-order chi connectivity index (χ0) is 42.3. The number of hydrogen-bond acceptors (Lipinski definition) is 8. The van der Waals surface area contributed by atoms with Gasteiger partial charge in [-0.1, -0.05) is 51.7 Å². The second kappa shape index (κ2) is 19.6. The SMILES string of the molecule is CCCCC(CCCC)(C(C)=O)C(=O)OC1CC(C)(C)N(CCC=CCN2C(C)(C)CC(OC)CC2(C)C)C(C)(C)C1.CNC1CC(C)(C)N(C)C(C)(C)C1. The average Bonchev–Trinajstić information content (AvgIpc) is 3.04. The van der Waals surface area contributed by atoms with Crippen molar-refractivity contribution in [3.05, 3.63) is 12.2 Å². The molecular formula is C47H90N4O4. The summed E-state index contributed by atoms with van der Waals surface area (Å²) >= 11 is 0. The molecule has 0 amide bonds. The van der Waals surface area contributed by atoms with E-state index in [0.29, 0.717) is 36.1 Å². The lowest BCUT2D eigenvalue weighted by Crippen LogP contribution is -2.62. The molecule has 0 aliphatic carbocycles. The van der Waals surface area contributed by atoms with Gasteiger partial charge in [-0.15, -0.1) is 0 Å². The van der Waals surface area contributed by atoms with Gasteiger partial charge in [0.25, 0.3) is 0 Å². The van der Waals surface area contributed by atoms with Crippen LogP contribution < -0.4 is 5.32 Å². The number of piperidine rings is 3. The number of hydrogen-bond donors (Lipinski definition) is 1. The molecule has 0 atom stereocenters. The Hall–Kier alpha value is -1.32. The van der Waals surface area contributed by atoms with Crippen molar-refractivity contribution < 1.29 is 19.1 Å². The fourth-order valence-corrected chi connectivity index (χ4v) is 10.9. The monoisotopic (exact) mass is 775 g/mol. The van der Waals surface area contributed by atoms with Gasteiger partial charge in [0.05, 0.1) is 6.10 Å². The van der Waals surface area contributed by atoms with E-state index in [-0.39, 0.29) is 40.0 Å². The van der Waals surface area contributed by atoms with Crippen LogP contribution >= 0.6 is 0 Å². The number of nitrogens with zero attached hydrogens (tertiary/aromatic N) is 3. The van der Waals surface area contributed by atoms with Gasteiger partial charge >= 0.3 is 5.97 Å². The van der Waals surface area contributed by atoms with E-state index in [9.17, 15) is 9.59 Å². The van der Waals surface area contributed by atoms with Crippen LogP contribution in [0.1, 0.15) is 187 Å². The lowest BCUT2D eigenvalue weighted by Gasteiger charge is -2.55. The second-order valence-electron chi connectivity index (χ2n) is 21.4. The van der Waals surface area contributed by atoms with Gasteiger partial charge in [0, 0.05) is 72.3 Å². The third-order valence-electron chi connectivity index (χ3n) is 14.1. The van der Waals surface area contributed by atoms with Crippen LogP contribution in [0.25, 0.3) is 0 Å². The van der Waals surface area contributed by atoms with Crippen molar-refractivity contribution >= 4 is 11.8 Å². The highest BCUT2D eigenvalue weighted by Gasteiger charge is 2.50. The van der Waals surface area contributed by atoms with E-state index >= 15 is 0 Å². The maximum Gasteiger partial charge on any atom is 0.319 e. The number of nitrogens with one attached hydrogen (secondary N) is 1. The van der Waals surface area contributed by atoms with E-state index in [0.717, 1.165) is 70.9 Å². The Bertz CT molecular complexity index is 1190. The lowest BCUT2D eigenvalue weighted by atomic mass is 9.74. The Morgan fingerprint density at radius 1 is 0.691 bits per heavy atom. The van der Waals surface area contributed by atoms with E-state index in [2.05, 4.69) is 143 Å². The predicted octanol–water partition coefficient (Wildman–Crippen LogP) is 9.98. The number of Topliss-reactive ketones (excluding diaryl/α,β-unsaturated/α-hetero) is 1. The normalized spacial score (nSPS) is 24.7. The van der Waals surface area contributed by atoms with Crippen molar-refractivity contribution in [1.82, 2.24) is 20.0 Å². The van der Waals surface area contributed by atoms with Crippen molar-refractivity contribution in [3.8, 4) is 0 Å². The molecule has 0 radical (unpaired) electrons. The largest absolute Gasteiger partial charge is 0.461 e. The number of methoxy groups -OCH3 is 1. The summed E-state index contributed by atoms with van der Waals surface area (Å²) in [4.78, 5) is 34.4. The molecule has 3 aliphatic rings. The molecule has 0 aromatic heterocycles. The van der Waals surface area contributed by atoms with Crippen LogP contribution in [-0.4, -0.2) is 112 Å². The predicted molar refractivity (Wildman–Crippen MR) is 233 cm³/mol. The number of unbranched alkanes of at least 4 members (excludes halogenated alkanes) is 2. The number of likely N-dealkylation sites (tertiary alicyclic amines) is 3. The Balaban J connectivity index is 0.000000675. The zero-order valence-electron chi connectivity index (χ0n) is 39.5. The highest BCUT2D eigenvalue weighted by Crippen LogP contribution is 2.43. The van der Waals surface area contributed by atoms with E-state index in [1.807, 2.05) is 7.11 Å². The Morgan fingerprint density at radius 3 is 1.53 bits per heavy atom. The molecule has 0 spiro atoms. The summed E-state index contributed by atoms with van der Waals surface area (Å²) in [6.45, 7) is 35.5. The summed E-state index contributed by atoms with van der Waals surface area (Å²) in [5.74, 6) is -0.322. The fraction of sp³-hybridized carbons (Fsp3) is 0.915. The summed E-state index contributed by atoms with van der Waals surface area (Å²) < 4.78 is 12.0. The standard InChI is InChI=1S/C36H66N2O4.C11H24N2/c1-13-15-20-36(28(3)39,21-16-14-2)31(40)42-30-26-34(8,9)38(35(10,11)27-30)23-19-17-18-22-37-32(4,5)24-29(41-12)25-33(37,6)7;1-10(2)7-9(12-5)8-11(3,4)13(10)6/h17-18,29-30H,13-16,19-27H2,1-12H3;9,12H,7-8H2,1-6H3. The zero-order valence-corrected chi connectivity index (χ0v) is 39.5. The molecule has 0 saturated carbocycles. The minimum atomic E-state index is -0.996. The number of rotatable bonds is 16. The van der Waals surface area contributed by atoms with Gasteiger partial charge in [0.15, 0.2) is 0 Å². The molecule has 1 N–H and O–H groups in total. The number of ether oxygens (including phenoxy) is 2. The topological polar surface area (TPSA) is 74.4 Å². The van der Waals surface area contributed by atoms with E-state index in [1.54, 1.807) is 6.92 Å². The third-order valence-corrected chi connectivity index (χ3v) is 14.1. The van der Waals surface area contributed by atoms with Crippen LogP contribution in [0.4, 0.5) is 0 Å². The summed E-state index contributed by atoms with van der Waals surface area (Å²) in [5, 5.41) is 3.41. The maximum atomic E-state index is 13.7. The molecule has 0 bridgehead atoms. The molecule has 3 fully saturated rings. The highest BCUT2D eigenvalue weighted by atomic mass is 16.5.